The number of rotatable bonds is 3. The van der Waals surface area contributed by atoms with Gasteiger partial charge in [0.2, 0.25) is 0 Å². The molecule has 1 N–H and O–H groups in total. The summed E-state index contributed by atoms with van der Waals surface area (Å²) in [5, 5.41) is 0. The Kier molecular flexibility index (Phi) is 2.89. The lowest BCUT2D eigenvalue weighted by Gasteiger charge is -2.15. The highest BCUT2D eigenvalue weighted by atomic mass is 19.4. The summed E-state index contributed by atoms with van der Waals surface area (Å²) in [6.07, 6.45) is 1.66. The zero-order valence-electron chi connectivity index (χ0n) is 9.73. The van der Waals surface area contributed by atoms with E-state index in [9.17, 15) is 12.9 Å². The molecule has 0 aliphatic carbocycles. The smallest absolute Gasteiger partial charge is 0.445 e. The number of aryl methyl sites for hydroxylation is 2. The third-order valence-electron chi connectivity index (χ3n) is 2.71. The molecule has 0 saturated carbocycles. The maximum absolute atomic E-state index is 12.7. The number of H-pyrrole nitrogens is 1. The Morgan fingerprint density at radius 1 is 1.29 bits per heavy atom. The molecule has 0 unspecified atom stereocenters. The molecule has 6 heteroatoms. The number of benzene rings is 1. The predicted octanol–water partition coefficient (Wildman–Crippen LogP) is 2.88. The number of aromatic nitrogens is 2. The van der Waals surface area contributed by atoms with Crippen LogP contribution >= 0.6 is 0 Å². The van der Waals surface area contributed by atoms with Gasteiger partial charge in [-0.2, -0.15) is 0 Å². The number of nitrogens with zero attached hydrogens (tertiary/aromatic N) is 1. The third-order valence-corrected chi connectivity index (χ3v) is 2.71. The van der Waals surface area contributed by atoms with Crippen LogP contribution < -0.4 is 5.46 Å². The van der Waals surface area contributed by atoms with Crippen molar-refractivity contribution in [3.05, 3.63) is 23.5 Å². The molecule has 1 aromatic carbocycles. The van der Waals surface area contributed by atoms with Crippen molar-refractivity contribution in [2.24, 2.45) is 0 Å². The van der Waals surface area contributed by atoms with E-state index in [0.29, 0.717) is 16.6 Å². The van der Waals surface area contributed by atoms with Gasteiger partial charge in [-0.05, 0) is 18.9 Å². The minimum Gasteiger partial charge on any atom is -0.445 e. The van der Waals surface area contributed by atoms with E-state index in [1.54, 1.807) is 6.92 Å². The molecule has 0 aliphatic heterocycles. The molecule has 2 aromatic rings. The van der Waals surface area contributed by atoms with E-state index in [1.807, 2.05) is 6.92 Å². The Morgan fingerprint density at radius 2 is 2.00 bits per heavy atom. The lowest BCUT2D eigenvalue weighted by Crippen LogP contribution is -2.34. The van der Waals surface area contributed by atoms with Crippen LogP contribution in [-0.4, -0.2) is 16.9 Å². The Bertz CT molecular complexity index is 545. The SMILES string of the molecule is CCCc1nc2c(C)cc([B-](F)(F)F)cc2[nH]1. The topological polar surface area (TPSA) is 28.7 Å². The summed E-state index contributed by atoms with van der Waals surface area (Å²) in [7, 11) is 0. The molecule has 0 spiro atoms. The van der Waals surface area contributed by atoms with Crippen molar-refractivity contribution in [2.75, 3.05) is 0 Å². The second-order valence-electron chi connectivity index (χ2n) is 4.24. The van der Waals surface area contributed by atoms with Crippen molar-refractivity contribution in [1.82, 2.24) is 9.97 Å². The van der Waals surface area contributed by atoms with Crippen LogP contribution in [0.15, 0.2) is 12.1 Å². The van der Waals surface area contributed by atoms with Gasteiger partial charge in [-0.1, -0.05) is 19.1 Å². The highest BCUT2D eigenvalue weighted by Gasteiger charge is 2.26. The molecule has 92 valence electrons. The average molecular weight is 241 g/mol. The summed E-state index contributed by atoms with van der Waals surface area (Å²) in [6, 6.07) is 2.31. The van der Waals surface area contributed by atoms with Crippen molar-refractivity contribution in [1.29, 1.82) is 0 Å². The number of fused-ring (bicyclic) bond motifs is 1. The van der Waals surface area contributed by atoms with Gasteiger partial charge in [0.1, 0.15) is 5.82 Å². The number of hydrogen-bond donors (Lipinski definition) is 1. The van der Waals surface area contributed by atoms with Crippen LogP contribution in [-0.2, 0) is 6.42 Å². The first kappa shape index (κ1) is 12.0. The van der Waals surface area contributed by atoms with Gasteiger partial charge < -0.3 is 17.9 Å². The lowest BCUT2D eigenvalue weighted by molar-refractivity contribution is 0.501. The fraction of sp³-hybridized carbons (Fsp3) is 0.364. The molecular formula is C11H13BF3N2-. The lowest BCUT2D eigenvalue weighted by atomic mass is 9.79. The van der Waals surface area contributed by atoms with Gasteiger partial charge in [0.25, 0.3) is 0 Å². The molecular weight excluding hydrogens is 228 g/mol. The maximum atomic E-state index is 12.7. The minimum absolute atomic E-state index is 0.475. The summed E-state index contributed by atoms with van der Waals surface area (Å²) < 4.78 is 38.0. The quantitative estimate of drug-likeness (QED) is 0.822. The highest BCUT2D eigenvalue weighted by Crippen LogP contribution is 2.19. The van der Waals surface area contributed by atoms with Crippen molar-refractivity contribution < 1.29 is 12.9 Å². The number of nitrogens with one attached hydrogen (secondary N) is 1. The van der Waals surface area contributed by atoms with Crippen molar-refractivity contribution in [3.8, 4) is 0 Å². The number of halogens is 3. The molecule has 0 bridgehead atoms. The summed E-state index contributed by atoms with van der Waals surface area (Å²) in [5.74, 6) is 0.748. The molecule has 17 heavy (non-hydrogen) atoms. The van der Waals surface area contributed by atoms with E-state index >= 15 is 0 Å². The fourth-order valence-corrected chi connectivity index (χ4v) is 1.91. The molecule has 0 saturated heterocycles. The molecule has 2 nitrogen and oxygen atoms in total. The number of hydrogen-bond acceptors (Lipinski definition) is 1. The third kappa shape index (κ3) is 2.30. The zero-order valence-corrected chi connectivity index (χ0v) is 9.73. The summed E-state index contributed by atoms with van der Waals surface area (Å²) in [6.45, 7) is -1.29. The molecule has 0 aliphatic rings. The van der Waals surface area contributed by atoms with Crippen molar-refractivity contribution in [3.63, 3.8) is 0 Å². The molecule has 0 fully saturated rings. The molecule has 2 rings (SSSR count). The summed E-state index contributed by atoms with van der Waals surface area (Å²) in [5.41, 5.74) is 1.11. The summed E-state index contributed by atoms with van der Waals surface area (Å²) in [4.78, 5) is 7.26. The first-order valence-corrected chi connectivity index (χ1v) is 5.61. The van der Waals surface area contributed by atoms with E-state index in [1.165, 1.54) is 6.07 Å². The van der Waals surface area contributed by atoms with Gasteiger partial charge in [0, 0.05) is 6.42 Å². The zero-order chi connectivity index (χ0) is 12.6. The van der Waals surface area contributed by atoms with Gasteiger partial charge in [-0.15, -0.1) is 5.46 Å². The number of aromatic amines is 1. The Hall–Kier alpha value is -1.46. The first-order valence-electron chi connectivity index (χ1n) is 5.61. The summed E-state index contributed by atoms with van der Waals surface area (Å²) >= 11 is 0. The Balaban J connectivity index is 2.57. The second kappa shape index (κ2) is 4.09. The minimum atomic E-state index is -4.95. The normalized spacial score (nSPS) is 12.3. The van der Waals surface area contributed by atoms with E-state index in [4.69, 9.17) is 0 Å². The van der Waals surface area contributed by atoms with Gasteiger partial charge in [0.15, 0.2) is 0 Å². The highest BCUT2D eigenvalue weighted by molar-refractivity contribution is 6.73. The molecule has 1 aromatic heterocycles. The second-order valence-corrected chi connectivity index (χ2v) is 4.24. The van der Waals surface area contributed by atoms with Crippen LogP contribution in [0.5, 0.6) is 0 Å². The van der Waals surface area contributed by atoms with Gasteiger partial charge in [0.05, 0.1) is 11.0 Å². The van der Waals surface area contributed by atoms with Gasteiger partial charge >= 0.3 is 6.98 Å². The molecule has 0 radical (unpaired) electrons. The Morgan fingerprint density at radius 3 is 2.59 bits per heavy atom. The predicted molar refractivity (Wildman–Crippen MR) is 63.5 cm³/mol. The van der Waals surface area contributed by atoms with Gasteiger partial charge in [-0.25, -0.2) is 4.98 Å². The first-order chi connectivity index (χ1) is 7.91. The molecule has 0 amide bonds. The van der Waals surface area contributed by atoms with Crippen molar-refractivity contribution >= 4 is 23.5 Å². The standard InChI is InChI=1S/C11H13BF3N2/c1-3-4-10-16-9-6-8(12(13,14)15)5-7(2)11(9)17-10/h5-6H,3-4H2,1-2H3,(H,16,17)/q-1. The largest absolute Gasteiger partial charge is 0.509 e. The molecule has 1 heterocycles. The van der Waals surface area contributed by atoms with Crippen LogP contribution in [0.1, 0.15) is 24.7 Å². The number of imidazole rings is 1. The fourth-order valence-electron chi connectivity index (χ4n) is 1.91. The van der Waals surface area contributed by atoms with Crippen LogP contribution in [0.25, 0.3) is 11.0 Å². The molecule has 0 atom stereocenters. The monoisotopic (exact) mass is 241 g/mol. The van der Waals surface area contributed by atoms with E-state index in [2.05, 4.69) is 9.97 Å². The Labute approximate surface area is 97.3 Å². The maximum Gasteiger partial charge on any atom is 0.509 e. The average Bonchev–Trinajstić information content (AvgIpc) is 2.60. The van der Waals surface area contributed by atoms with Crippen LogP contribution in [0.4, 0.5) is 12.9 Å². The van der Waals surface area contributed by atoms with Gasteiger partial charge in [-0.3, -0.25) is 0 Å². The van der Waals surface area contributed by atoms with E-state index in [-0.39, 0.29) is 0 Å². The van der Waals surface area contributed by atoms with Crippen molar-refractivity contribution in [2.45, 2.75) is 26.7 Å². The van der Waals surface area contributed by atoms with Crippen LogP contribution in [0, 0.1) is 6.92 Å². The van der Waals surface area contributed by atoms with E-state index < -0.39 is 12.4 Å². The van der Waals surface area contributed by atoms with Crippen LogP contribution in [0.2, 0.25) is 0 Å². The van der Waals surface area contributed by atoms with Crippen LogP contribution in [0.3, 0.4) is 0 Å². The van der Waals surface area contributed by atoms with E-state index in [0.717, 1.165) is 24.7 Å².